The Morgan fingerprint density at radius 3 is 2.19 bits per heavy atom. The third-order valence-corrected chi connectivity index (χ3v) is 2.92. The average Bonchev–Trinajstić information content (AvgIpc) is 2.21. The minimum Gasteiger partial charge on any atom is -0.380 e. The lowest BCUT2D eigenvalue weighted by Crippen LogP contribution is -2.23. The zero-order chi connectivity index (χ0) is 12.1. The fourth-order valence-corrected chi connectivity index (χ4v) is 2.29. The van der Waals surface area contributed by atoms with Crippen molar-refractivity contribution in [1.29, 1.82) is 0 Å². The van der Waals surface area contributed by atoms with E-state index in [4.69, 9.17) is 4.74 Å². The van der Waals surface area contributed by atoms with Gasteiger partial charge in [0.05, 0.1) is 12.6 Å². The van der Waals surface area contributed by atoms with E-state index in [0.717, 1.165) is 13.2 Å². The van der Waals surface area contributed by atoms with Crippen molar-refractivity contribution in [3.05, 3.63) is 34.4 Å². The van der Waals surface area contributed by atoms with E-state index in [-0.39, 0.29) is 0 Å². The van der Waals surface area contributed by atoms with Crippen molar-refractivity contribution >= 4 is 0 Å². The van der Waals surface area contributed by atoms with Gasteiger partial charge >= 0.3 is 0 Å². The van der Waals surface area contributed by atoms with Crippen LogP contribution in [0.5, 0.6) is 0 Å². The lowest BCUT2D eigenvalue weighted by atomic mass is 9.94. The number of ether oxygens (including phenoxy) is 1. The second-order valence-electron chi connectivity index (χ2n) is 4.31. The van der Waals surface area contributed by atoms with Gasteiger partial charge in [0.15, 0.2) is 0 Å². The highest BCUT2D eigenvalue weighted by Gasteiger charge is 2.14. The first kappa shape index (κ1) is 13.2. The minimum atomic E-state index is 0.292. The van der Waals surface area contributed by atoms with Crippen LogP contribution in [0.15, 0.2) is 12.1 Å². The number of hydrogen-bond acceptors (Lipinski definition) is 2. The average molecular weight is 221 g/mol. The van der Waals surface area contributed by atoms with Crippen LogP contribution in [0, 0.1) is 20.8 Å². The Kier molecular flexibility index (Phi) is 4.97. The lowest BCUT2D eigenvalue weighted by molar-refractivity contribution is 0.125. The molecule has 0 fully saturated rings. The minimum absolute atomic E-state index is 0.292. The van der Waals surface area contributed by atoms with Gasteiger partial charge in [-0.05, 0) is 51.4 Å². The number of rotatable bonds is 5. The van der Waals surface area contributed by atoms with Gasteiger partial charge in [-0.15, -0.1) is 0 Å². The molecule has 0 amide bonds. The van der Waals surface area contributed by atoms with E-state index in [9.17, 15) is 0 Å². The predicted octanol–water partition coefficient (Wildman–Crippen LogP) is 2.91. The normalized spacial score (nSPS) is 12.8. The SMILES string of the molecule is CCOCC(NC)c1c(C)cc(C)cc1C. The van der Waals surface area contributed by atoms with Crippen LogP contribution in [0.4, 0.5) is 0 Å². The summed E-state index contributed by atoms with van der Waals surface area (Å²) in [5, 5.41) is 3.33. The molecular weight excluding hydrogens is 198 g/mol. The van der Waals surface area contributed by atoms with Crippen molar-refractivity contribution in [3.8, 4) is 0 Å². The van der Waals surface area contributed by atoms with E-state index in [1.165, 1.54) is 22.3 Å². The van der Waals surface area contributed by atoms with Crippen molar-refractivity contribution < 1.29 is 4.74 Å². The van der Waals surface area contributed by atoms with E-state index in [0.29, 0.717) is 6.04 Å². The second kappa shape index (κ2) is 6.02. The lowest BCUT2D eigenvalue weighted by Gasteiger charge is -2.21. The molecule has 1 aromatic rings. The van der Waals surface area contributed by atoms with Crippen LogP contribution in [0.25, 0.3) is 0 Å². The molecule has 0 aliphatic carbocycles. The standard InChI is InChI=1S/C14H23NO/c1-6-16-9-13(15-5)14-11(3)7-10(2)8-12(14)4/h7-8,13,15H,6,9H2,1-5H3. The van der Waals surface area contributed by atoms with Crippen molar-refractivity contribution in [2.24, 2.45) is 0 Å². The maximum absolute atomic E-state index is 5.52. The van der Waals surface area contributed by atoms with E-state index < -0.39 is 0 Å². The van der Waals surface area contributed by atoms with Gasteiger partial charge in [0, 0.05) is 6.61 Å². The molecule has 0 saturated carbocycles. The molecule has 0 radical (unpaired) electrons. The Bertz CT molecular complexity index is 324. The Balaban J connectivity index is 2.99. The molecular formula is C14H23NO. The molecule has 0 aliphatic rings. The topological polar surface area (TPSA) is 21.3 Å². The van der Waals surface area contributed by atoms with Gasteiger partial charge in [-0.1, -0.05) is 17.7 Å². The number of hydrogen-bond donors (Lipinski definition) is 1. The van der Waals surface area contributed by atoms with Crippen molar-refractivity contribution in [2.75, 3.05) is 20.3 Å². The predicted molar refractivity (Wildman–Crippen MR) is 68.9 cm³/mol. The summed E-state index contributed by atoms with van der Waals surface area (Å²) in [4.78, 5) is 0. The third kappa shape index (κ3) is 3.06. The highest BCUT2D eigenvalue weighted by Crippen LogP contribution is 2.23. The summed E-state index contributed by atoms with van der Waals surface area (Å²) in [7, 11) is 1.99. The molecule has 0 heterocycles. The quantitative estimate of drug-likeness (QED) is 0.825. The molecule has 1 unspecified atom stereocenters. The van der Waals surface area contributed by atoms with Crippen molar-refractivity contribution in [2.45, 2.75) is 33.7 Å². The van der Waals surface area contributed by atoms with Crippen LogP contribution < -0.4 is 5.32 Å². The Morgan fingerprint density at radius 1 is 1.19 bits per heavy atom. The summed E-state index contributed by atoms with van der Waals surface area (Å²) in [6, 6.07) is 4.76. The van der Waals surface area contributed by atoms with Gasteiger partial charge in [-0.3, -0.25) is 0 Å². The van der Waals surface area contributed by atoms with E-state index in [1.54, 1.807) is 0 Å². The molecule has 2 nitrogen and oxygen atoms in total. The molecule has 1 atom stereocenters. The molecule has 16 heavy (non-hydrogen) atoms. The Labute approximate surface area is 99.0 Å². The van der Waals surface area contributed by atoms with E-state index >= 15 is 0 Å². The zero-order valence-electron chi connectivity index (χ0n) is 11.1. The van der Waals surface area contributed by atoms with Crippen LogP contribution in [0.1, 0.15) is 35.2 Å². The molecule has 1 N–H and O–H groups in total. The number of benzene rings is 1. The largest absolute Gasteiger partial charge is 0.380 e. The summed E-state index contributed by atoms with van der Waals surface area (Å²) in [6.45, 7) is 10.0. The summed E-state index contributed by atoms with van der Waals surface area (Å²) >= 11 is 0. The molecule has 1 rings (SSSR count). The van der Waals surface area contributed by atoms with Crippen LogP contribution in [0.3, 0.4) is 0 Å². The van der Waals surface area contributed by atoms with Crippen molar-refractivity contribution in [1.82, 2.24) is 5.32 Å². The monoisotopic (exact) mass is 221 g/mol. The maximum Gasteiger partial charge on any atom is 0.0661 e. The summed E-state index contributed by atoms with van der Waals surface area (Å²) < 4.78 is 5.52. The molecule has 0 aliphatic heterocycles. The molecule has 90 valence electrons. The molecule has 0 aromatic heterocycles. The summed E-state index contributed by atoms with van der Waals surface area (Å²) in [5.74, 6) is 0. The first-order valence-corrected chi connectivity index (χ1v) is 5.92. The number of aryl methyl sites for hydroxylation is 3. The maximum atomic E-state index is 5.52. The van der Waals surface area contributed by atoms with E-state index in [1.807, 2.05) is 14.0 Å². The smallest absolute Gasteiger partial charge is 0.0661 e. The molecule has 2 heteroatoms. The zero-order valence-corrected chi connectivity index (χ0v) is 11.1. The van der Waals surface area contributed by atoms with Crippen molar-refractivity contribution in [3.63, 3.8) is 0 Å². The first-order valence-electron chi connectivity index (χ1n) is 5.92. The highest BCUT2D eigenvalue weighted by molar-refractivity contribution is 5.39. The van der Waals surface area contributed by atoms with Crippen LogP contribution in [-0.4, -0.2) is 20.3 Å². The second-order valence-corrected chi connectivity index (χ2v) is 4.31. The fraction of sp³-hybridized carbons (Fsp3) is 0.571. The third-order valence-electron chi connectivity index (χ3n) is 2.92. The highest BCUT2D eigenvalue weighted by atomic mass is 16.5. The van der Waals surface area contributed by atoms with E-state index in [2.05, 4.69) is 38.2 Å². The summed E-state index contributed by atoms with van der Waals surface area (Å²) in [5.41, 5.74) is 5.39. The molecule has 0 saturated heterocycles. The van der Waals surface area contributed by atoms with Gasteiger partial charge in [0.25, 0.3) is 0 Å². The molecule has 1 aromatic carbocycles. The van der Waals surface area contributed by atoms with Gasteiger partial charge in [-0.25, -0.2) is 0 Å². The first-order chi connectivity index (χ1) is 7.60. The van der Waals surface area contributed by atoms with Gasteiger partial charge in [0.1, 0.15) is 0 Å². The Hall–Kier alpha value is -0.860. The van der Waals surface area contributed by atoms with Gasteiger partial charge in [0.2, 0.25) is 0 Å². The Morgan fingerprint density at radius 2 is 1.75 bits per heavy atom. The molecule has 0 bridgehead atoms. The van der Waals surface area contributed by atoms with Gasteiger partial charge < -0.3 is 10.1 Å². The number of likely N-dealkylation sites (N-methyl/N-ethyl adjacent to an activating group) is 1. The van der Waals surface area contributed by atoms with Crippen LogP contribution in [0.2, 0.25) is 0 Å². The fourth-order valence-electron chi connectivity index (χ4n) is 2.29. The molecule has 0 spiro atoms. The number of nitrogens with one attached hydrogen (secondary N) is 1. The van der Waals surface area contributed by atoms with Crippen LogP contribution >= 0.6 is 0 Å². The van der Waals surface area contributed by atoms with Gasteiger partial charge in [-0.2, -0.15) is 0 Å². The van der Waals surface area contributed by atoms with Crippen LogP contribution in [-0.2, 0) is 4.74 Å². The summed E-state index contributed by atoms with van der Waals surface area (Å²) in [6.07, 6.45) is 0.